The van der Waals surface area contributed by atoms with Crippen LogP contribution in [0.3, 0.4) is 0 Å². The predicted octanol–water partition coefficient (Wildman–Crippen LogP) is 2.63. The van der Waals surface area contributed by atoms with Gasteiger partial charge in [0, 0.05) is 23.5 Å². The summed E-state index contributed by atoms with van der Waals surface area (Å²) >= 11 is 0. The van der Waals surface area contributed by atoms with Crippen LogP contribution in [0, 0.1) is 0 Å². The van der Waals surface area contributed by atoms with E-state index in [-0.39, 0.29) is 0 Å². The average molecular weight is 272 g/mol. The number of hydrogen-bond donors (Lipinski definition) is 3. The second-order valence-electron chi connectivity index (χ2n) is 5.29. The second kappa shape index (κ2) is 5.92. The lowest BCUT2D eigenvalue weighted by atomic mass is 9.99. The van der Waals surface area contributed by atoms with Gasteiger partial charge in [-0.3, -0.25) is 4.79 Å². The third kappa shape index (κ3) is 3.08. The van der Waals surface area contributed by atoms with Gasteiger partial charge in [0.25, 0.3) is 0 Å². The summed E-state index contributed by atoms with van der Waals surface area (Å²) in [5.41, 5.74) is 10.1. The van der Waals surface area contributed by atoms with E-state index in [1.54, 1.807) is 0 Å². The number of fused-ring (bicyclic) bond motifs is 1. The van der Waals surface area contributed by atoms with Crippen molar-refractivity contribution >= 4 is 16.9 Å². The molecule has 0 aliphatic carbocycles. The summed E-state index contributed by atoms with van der Waals surface area (Å²) in [7, 11) is 0. The first-order valence-electron chi connectivity index (χ1n) is 6.68. The molecule has 0 aliphatic heterocycles. The summed E-state index contributed by atoms with van der Waals surface area (Å²) in [6.45, 7) is 4.14. The van der Waals surface area contributed by atoms with Crippen molar-refractivity contribution in [1.82, 2.24) is 4.98 Å². The van der Waals surface area contributed by atoms with E-state index in [9.17, 15) is 4.79 Å². The smallest absolute Gasteiger partial charge is 0.320 e. The van der Waals surface area contributed by atoms with Gasteiger partial charge < -0.3 is 15.8 Å². The van der Waals surface area contributed by atoms with E-state index >= 15 is 0 Å². The van der Waals surface area contributed by atoms with Gasteiger partial charge in [-0.05, 0) is 37.5 Å². The number of hydrogen-bond acceptors (Lipinski definition) is 2. The van der Waals surface area contributed by atoms with Crippen molar-refractivity contribution in [2.24, 2.45) is 5.73 Å². The van der Waals surface area contributed by atoms with Gasteiger partial charge in [0.1, 0.15) is 6.04 Å². The molecule has 1 aromatic carbocycles. The fourth-order valence-corrected chi connectivity index (χ4v) is 2.31. The largest absolute Gasteiger partial charge is 0.480 e. The molecule has 4 nitrogen and oxygen atoms in total. The van der Waals surface area contributed by atoms with Crippen molar-refractivity contribution in [1.29, 1.82) is 0 Å². The molecule has 0 aliphatic rings. The second-order valence-corrected chi connectivity index (χ2v) is 5.29. The Hall–Kier alpha value is -2.07. The standard InChI is InChI=1S/C16H20N2O2/c1-10(2)6-7-11-4-3-5-14-15(11)12(9-18-14)8-13(17)16(19)20/h3-6,9,13,18H,7-8,17H2,1-2H3,(H,19,20). The van der Waals surface area contributed by atoms with Crippen molar-refractivity contribution in [2.45, 2.75) is 32.7 Å². The van der Waals surface area contributed by atoms with Crippen LogP contribution < -0.4 is 5.73 Å². The number of aromatic nitrogens is 1. The Morgan fingerprint density at radius 1 is 1.40 bits per heavy atom. The first-order valence-corrected chi connectivity index (χ1v) is 6.68. The Morgan fingerprint density at radius 3 is 2.80 bits per heavy atom. The quantitative estimate of drug-likeness (QED) is 0.732. The molecule has 0 radical (unpaired) electrons. The highest BCUT2D eigenvalue weighted by Gasteiger charge is 2.16. The summed E-state index contributed by atoms with van der Waals surface area (Å²) in [5.74, 6) is -0.971. The van der Waals surface area contributed by atoms with Crippen LogP contribution in [0.5, 0.6) is 0 Å². The minimum Gasteiger partial charge on any atom is -0.480 e. The van der Waals surface area contributed by atoms with Crippen LogP contribution in [-0.2, 0) is 17.6 Å². The van der Waals surface area contributed by atoms with E-state index in [2.05, 4.69) is 31.0 Å². The van der Waals surface area contributed by atoms with Crippen LogP contribution in [0.25, 0.3) is 10.9 Å². The molecule has 1 aromatic heterocycles. The number of carbonyl (C=O) groups is 1. The number of allylic oxidation sites excluding steroid dienone is 2. The molecule has 0 fully saturated rings. The SMILES string of the molecule is CC(C)=CCc1cccc2[nH]cc(CC(N)C(=O)O)c12. The maximum atomic E-state index is 10.9. The number of H-pyrrole nitrogens is 1. The monoisotopic (exact) mass is 272 g/mol. The summed E-state index contributed by atoms with van der Waals surface area (Å²) in [6, 6.07) is 5.21. The Labute approximate surface area is 118 Å². The number of benzene rings is 1. The normalized spacial score (nSPS) is 12.3. The minimum absolute atomic E-state index is 0.334. The van der Waals surface area contributed by atoms with Gasteiger partial charge in [-0.2, -0.15) is 0 Å². The molecule has 2 rings (SSSR count). The Kier molecular flexibility index (Phi) is 4.25. The number of rotatable bonds is 5. The molecule has 2 aromatic rings. The lowest BCUT2D eigenvalue weighted by Crippen LogP contribution is -2.32. The Morgan fingerprint density at radius 2 is 2.15 bits per heavy atom. The molecular weight excluding hydrogens is 252 g/mol. The van der Waals surface area contributed by atoms with Crippen molar-refractivity contribution in [3.8, 4) is 0 Å². The Balaban J connectivity index is 2.41. The molecule has 1 heterocycles. The number of nitrogens with two attached hydrogens (primary N) is 1. The van der Waals surface area contributed by atoms with Crippen molar-refractivity contribution in [2.75, 3.05) is 0 Å². The number of nitrogens with one attached hydrogen (secondary N) is 1. The molecule has 0 bridgehead atoms. The van der Waals surface area contributed by atoms with Crippen molar-refractivity contribution < 1.29 is 9.90 Å². The fraction of sp³-hybridized carbons (Fsp3) is 0.312. The topological polar surface area (TPSA) is 79.1 Å². The molecule has 0 amide bonds. The van der Waals surface area contributed by atoms with E-state index in [0.717, 1.165) is 22.9 Å². The van der Waals surface area contributed by atoms with Gasteiger partial charge in [0.2, 0.25) is 0 Å². The van der Waals surface area contributed by atoms with Gasteiger partial charge in [0.05, 0.1) is 0 Å². The minimum atomic E-state index is -0.971. The molecule has 0 saturated heterocycles. The number of aromatic amines is 1. The van der Waals surface area contributed by atoms with Gasteiger partial charge in [-0.15, -0.1) is 0 Å². The highest BCUT2D eigenvalue weighted by molar-refractivity contribution is 5.87. The molecule has 106 valence electrons. The zero-order valence-corrected chi connectivity index (χ0v) is 11.8. The fourth-order valence-electron chi connectivity index (χ4n) is 2.31. The first-order chi connectivity index (χ1) is 9.49. The Bertz CT molecular complexity index is 652. The van der Waals surface area contributed by atoms with Crippen LogP contribution in [0.1, 0.15) is 25.0 Å². The van der Waals surface area contributed by atoms with Gasteiger partial charge >= 0.3 is 5.97 Å². The van der Waals surface area contributed by atoms with Gasteiger partial charge in [0.15, 0.2) is 0 Å². The van der Waals surface area contributed by atoms with E-state index < -0.39 is 12.0 Å². The van der Waals surface area contributed by atoms with Gasteiger partial charge in [-0.1, -0.05) is 23.8 Å². The molecule has 4 N–H and O–H groups in total. The van der Waals surface area contributed by atoms with Crippen molar-refractivity contribution in [3.05, 3.63) is 47.2 Å². The molecule has 1 unspecified atom stereocenters. The molecule has 1 atom stereocenters. The van der Waals surface area contributed by atoms with Crippen LogP contribution in [0.4, 0.5) is 0 Å². The molecule has 0 saturated carbocycles. The zero-order chi connectivity index (χ0) is 14.7. The van der Waals surface area contributed by atoms with E-state index in [4.69, 9.17) is 10.8 Å². The average Bonchev–Trinajstić information content (AvgIpc) is 2.80. The van der Waals surface area contributed by atoms with E-state index in [1.165, 1.54) is 11.1 Å². The highest BCUT2D eigenvalue weighted by atomic mass is 16.4. The maximum absolute atomic E-state index is 10.9. The third-order valence-corrected chi connectivity index (χ3v) is 3.36. The number of carboxylic acids is 1. The summed E-state index contributed by atoms with van der Waals surface area (Å²) in [4.78, 5) is 14.1. The molecular formula is C16H20N2O2. The maximum Gasteiger partial charge on any atom is 0.320 e. The lowest BCUT2D eigenvalue weighted by molar-refractivity contribution is -0.138. The first kappa shape index (κ1) is 14.3. The van der Waals surface area contributed by atoms with Crippen LogP contribution in [0.2, 0.25) is 0 Å². The molecule has 0 spiro atoms. The third-order valence-electron chi connectivity index (χ3n) is 3.36. The van der Waals surface area contributed by atoms with Crippen LogP contribution in [-0.4, -0.2) is 22.1 Å². The zero-order valence-electron chi connectivity index (χ0n) is 11.8. The van der Waals surface area contributed by atoms with Gasteiger partial charge in [-0.25, -0.2) is 0 Å². The highest BCUT2D eigenvalue weighted by Crippen LogP contribution is 2.24. The van der Waals surface area contributed by atoms with Crippen LogP contribution >= 0.6 is 0 Å². The summed E-state index contributed by atoms with van der Waals surface area (Å²) < 4.78 is 0. The van der Waals surface area contributed by atoms with E-state index in [1.807, 2.05) is 18.3 Å². The summed E-state index contributed by atoms with van der Waals surface area (Å²) in [6.07, 6.45) is 5.20. The number of carboxylic acid groups (broad SMARTS) is 1. The molecule has 20 heavy (non-hydrogen) atoms. The number of aliphatic carboxylic acids is 1. The lowest BCUT2D eigenvalue weighted by Gasteiger charge is -2.07. The summed E-state index contributed by atoms with van der Waals surface area (Å²) in [5, 5.41) is 10.1. The molecule has 4 heteroatoms. The van der Waals surface area contributed by atoms with E-state index in [0.29, 0.717) is 6.42 Å². The van der Waals surface area contributed by atoms with Crippen molar-refractivity contribution in [3.63, 3.8) is 0 Å². The predicted molar refractivity (Wildman–Crippen MR) is 80.7 cm³/mol. The van der Waals surface area contributed by atoms with Crippen LogP contribution in [0.15, 0.2) is 36.0 Å².